The molecule has 1 aromatic heterocycles. The van der Waals surface area contributed by atoms with Gasteiger partial charge in [0.1, 0.15) is 5.75 Å². The summed E-state index contributed by atoms with van der Waals surface area (Å²) in [4.78, 5) is 14.5. The van der Waals surface area contributed by atoms with Crippen LogP contribution in [0.15, 0.2) is 36.5 Å². The van der Waals surface area contributed by atoms with Crippen molar-refractivity contribution in [1.29, 1.82) is 0 Å². The number of hydrogen-bond donors (Lipinski definition) is 1. The highest BCUT2D eigenvalue weighted by Crippen LogP contribution is 2.32. The molecule has 0 amide bonds. The van der Waals surface area contributed by atoms with Gasteiger partial charge in [0.05, 0.1) is 16.6 Å². The molecule has 0 saturated heterocycles. The first-order valence-corrected chi connectivity index (χ1v) is 6.05. The van der Waals surface area contributed by atoms with E-state index in [-0.39, 0.29) is 11.6 Å². The summed E-state index contributed by atoms with van der Waals surface area (Å²) in [7, 11) is 0. The van der Waals surface area contributed by atoms with Crippen LogP contribution in [0, 0.1) is 17.0 Å². The van der Waals surface area contributed by atoms with E-state index in [4.69, 9.17) is 4.74 Å². The summed E-state index contributed by atoms with van der Waals surface area (Å²) in [6.45, 7) is 3.21. The number of pyridine rings is 1. The fourth-order valence-electron chi connectivity index (χ4n) is 1.82. The molecule has 104 valence electrons. The van der Waals surface area contributed by atoms with E-state index in [0.717, 1.165) is 0 Å². The molecule has 0 spiro atoms. The van der Waals surface area contributed by atoms with E-state index in [0.29, 0.717) is 16.9 Å². The fourth-order valence-corrected chi connectivity index (χ4v) is 1.82. The number of aromatic nitrogens is 1. The Kier molecular flexibility index (Phi) is 3.95. The van der Waals surface area contributed by atoms with E-state index in [1.165, 1.54) is 12.3 Å². The van der Waals surface area contributed by atoms with Crippen molar-refractivity contribution in [2.45, 2.75) is 20.0 Å². The van der Waals surface area contributed by atoms with E-state index in [1.54, 1.807) is 38.1 Å². The first kappa shape index (κ1) is 14.0. The Bertz CT molecular complexity index is 641. The van der Waals surface area contributed by atoms with Crippen LogP contribution >= 0.6 is 0 Å². The van der Waals surface area contributed by atoms with Crippen molar-refractivity contribution < 1.29 is 14.8 Å². The van der Waals surface area contributed by atoms with Gasteiger partial charge in [-0.25, -0.2) is 4.98 Å². The van der Waals surface area contributed by atoms with E-state index < -0.39 is 11.0 Å². The third-order valence-electron chi connectivity index (χ3n) is 2.91. The van der Waals surface area contributed by atoms with Crippen LogP contribution in [0.3, 0.4) is 0 Å². The number of benzene rings is 1. The van der Waals surface area contributed by atoms with Gasteiger partial charge in [-0.15, -0.1) is 0 Å². The van der Waals surface area contributed by atoms with Crippen LogP contribution in [0.1, 0.15) is 24.2 Å². The van der Waals surface area contributed by atoms with Gasteiger partial charge >= 0.3 is 0 Å². The van der Waals surface area contributed by atoms with Gasteiger partial charge in [0, 0.05) is 17.8 Å². The second-order valence-electron chi connectivity index (χ2n) is 4.33. The lowest BCUT2D eigenvalue weighted by atomic mass is 10.1. The monoisotopic (exact) mass is 274 g/mol. The number of hydrogen-bond acceptors (Lipinski definition) is 5. The maximum absolute atomic E-state index is 10.9. The van der Waals surface area contributed by atoms with Gasteiger partial charge in [-0.2, -0.15) is 0 Å². The molecule has 0 aliphatic rings. The fraction of sp³-hybridized carbons (Fsp3) is 0.214. The Morgan fingerprint density at radius 1 is 1.35 bits per heavy atom. The number of aliphatic hydroxyl groups excluding tert-OH is 1. The van der Waals surface area contributed by atoms with Crippen molar-refractivity contribution in [2.75, 3.05) is 0 Å². The van der Waals surface area contributed by atoms with E-state index >= 15 is 0 Å². The number of ether oxygens (including phenoxy) is 1. The van der Waals surface area contributed by atoms with Gasteiger partial charge in [-0.1, -0.05) is 6.07 Å². The lowest BCUT2D eigenvalue weighted by Crippen LogP contribution is -2.00. The van der Waals surface area contributed by atoms with Gasteiger partial charge in [-0.05, 0) is 32.0 Å². The van der Waals surface area contributed by atoms with Gasteiger partial charge < -0.3 is 9.84 Å². The number of nitro benzene ring substituents is 1. The number of nitrogens with zero attached hydrogens (tertiary/aromatic N) is 2. The highest BCUT2D eigenvalue weighted by Gasteiger charge is 2.17. The molecule has 0 saturated carbocycles. The highest BCUT2D eigenvalue weighted by atomic mass is 16.6. The lowest BCUT2D eigenvalue weighted by molar-refractivity contribution is -0.385. The van der Waals surface area contributed by atoms with Gasteiger partial charge in [0.2, 0.25) is 5.88 Å². The molecule has 2 aromatic rings. The molecule has 0 radical (unpaired) electrons. The van der Waals surface area contributed by atoms with Crippen LogP contribution in [-0.4, -0.2) is 15.0 Å². The van der Waals surface area contributed by atoms with Crippen LogP contribution < -0.4 is 4.74 Å². The Morgan fingerprint density at radius 3 is 2.75 bits per heavy atom. The van der Waals surface area contributed by atoms with E-state index in [1.807, 2.05) is 0 Å². The SMILES string of the molecule is Cc1c(Oc2ncccc2[C@@H](C)O)cccc1[N+](=O)[O-]. The average molecular weight is 274 g/mol. The van der Waals surface area contributed by atoms with Crippen LogP contribution in [0.25, 0.3) is 0 Å². The molecule has 0 aliphatic heterocycles. The van der Waals surface area contributed by atoms with Crippen LogP contribution in [-0.2, 0) is 0 Å². The summed E-state index contributed by atoms with van der Waals surface area (Å²) in [5.74, 6) is 0.589. The van der Waals surface area contributed by atoms with Crippen molar-refractivity contribution in [2.24, 2.45) is 0 Å². The largest absolute Gasteiger partial charge is 0.438 e. The minimum atomic E-state index is -0.738. The summed E-state index contributed by atoms with van der Waals surface area (Å²) in [6.07, 6.45) is 0.797. The topological polar surface area (TPSA) is 85.5 Å². The third kappa shape index (κ3) is 2.75. The Hall–Kier alpha value is -2.47. The molecule has 0 unspecified atom stereocenters. The van der Waals surface area contributed by atoms with Crippen molar-refractivity contribution in [3.63, 3.8) is 0 Å². The molecule has 20 heavy (non-hydrogen) atoms. The Labute approximate surface area is 115 Å². The van der Waals surface area contributed by atoms with Gasteiger partial charge in [0.15, 0.2) is 0 Å². The summed E-state index contributed by atoms with van der Waals surface area (Å²) in [5, 5.41) is 20.6. The van der Waals surface area contributed by atoms with Crippen molar-refractivity contribution in [3.8, 4) is 11.6 Å². The molecule has 6 nitrogen and oxygen atoms in total. The molecule has 0 fully saturated rings. The minimum absolute atomic E-state index is 0.0166. The maximum atomic E-state index is 10.9. The molecular weight excluding hydrogens is 260 g/mol. The zero-order chi connectivity index (χ0) is 14.7. The predicted octanol–water partition coefficient (Wildman–Crippen LogP) is 3.14. The maximum Gasteiger partial charge on any atom is 0.276 e. The minimum Gasteiger partial charge on any atom is -0.438 e. The zero-order valence-electron chi connectivity index (χ0n) is 11.1. The summed E-state index contributed by atoms with van der Waals surface area (Å²) >= 11 is 0. The molecule has 2 rings (SSSR count). The second-order valence-corrected chi connectivity index (χ2v) is 4.33. The van der Waals surface area contributed by atoms with Gasteiger partial charge in [0.25, 0.3) is 5.69 Å². The number of aliphatic hydroxyl groups is 1. The van der Waals surface area contributed by atoms with Crippen LogP contribution in [0.2, 0.25) is 0 Å². The van der Waals surface area contributed by atoms with Crippen molar-refractivity contribution in [3.05, 3.63) is 57.8 Å². The third-order valence-corrected chi connectivity index (χ3v) is 2.91. The zero-order valence-corrected chi connectivity index (χ0v) is 11.1. The number of nitro groups is 1. The molecule has 6 heteroatoms. The van der Waals surface area contributed by atoms with E-state index in [9.17, 15) is 15.2 Å². The number of rotatable bonds is 4. The first-order valence-electron chi connectivity index (χ1n) is 6.05. The quantitative estimate of drug-likeness (QED) is 0.683. The van der Waals surface area contributed by atoms with Gasteiger partial charge in [-0.3, -0.25) is 10.1 Å². The van der Waals surface area contributed by atoms with Crippen LogP contribution in [0.4, 0.5) is 5.69 Å². The second kappa shape index (κ2) is 5.66. The molecule has 1 heterocycles. The summed E-state index contributed by atoms with van der Waals surface area (Å²) < 4.78 is 5.62. The molecule has 1 N–H and O–H groups in total. The molecule has 1 atom stereocenters. The summed E-state index contributed by atoms with van der Waals surface area (Å²) in [5.41, 5.74) is 0.926. The summed E-state index contributed by atoms with van der Waals surface area (Å²) in [6, 6.07) is 7.97. The smallest absolute Gasteiger partial charge is 0.276 e. The molecule has 1 aromatic carbocycles. The van der Waals surface area contributed by atoms with Crippen LogP contribution in [0.5, 0.6) is 11.6 Å². The van der Waals surface area contributed by atoms with Crippen molar-refractivity contribution in [1.82, 2.24) is 4.98 Å². The highest BCUT2D eigenvalue weighted by molar-refractivity contribution is 5.49. The Balaban J connectivity index is 2.41. The normalized spacial score (nSPS) is 11.9. The van der Waals surface area contributed by atoms with E-state index in [2.05, 4.69) is 4.98 Å². The first-order chi connectivity index (χ1) is 9.50. The predicted molar refractivity (Wildman–Crippen MR) is 72.8 cm³/mol. The molecule has 0 bridgehead atoms. The van der Waals surface area contributed by atoms with Crippen molar-refractivity contribution >= 4 is 5.69 Å². The standard InChI is InChI=1S/C14H14N2O4/c1-9-12(16(18)19)6-3-7-13(9)20-14-11(10(2)17)5-4-8-15-14/h3-8,10,17H,1-2H3/t10-/m1/s1. The molecule has 0 aliphatic carbocycles. The average Bonchev–Trinajstić information content (AvgIpc) is 2.41. The Morgan fingerprint density at radius 2 is 2.10 bits per heavy atom. The lowest BCUT2D eigenvalue weighted by Gasteiger charge is -2.13. The molecular formula is C14H14N2O4.